The number of primary amides is 1. The molecule has 0 unspecified atom stereocenters. The number of rotatable bonds is 5. The molecule has 8 nitrogen and oxygen atoms in total. The summed E-state index contributed by atoms with van der Waals surface area (Å²) in [6, 6.07) is 11.0. The van der Waals surface area contributed by atoms with Crippen molar-refractivity contribution in [3.05, 3.63) is 64.3 Å². The van der Waals surface area contributed by atoms with E-state index >= 15 is 0 Å². The van der Waals surface area contributed by atoms with Crippen LogP contribution in [0.25, 0.3) is 0 Å². The topological polar surface area (TPSA) is 122 Å². The van der Waals surface area contributed by atoms with Crippen molar-refractivity contribution in [3.63, 3.8) is 0 Å². The minimum atomic E-state index is -0.551. The SMILES string of the molecule is Cc1cccc(C(N)=O)c1Nc1nc(Nc2ccc3c(c2)C(C)(C)CCC(=O)N3)ncc1Cl. The lowest BCUT2D eigenvalue weighted by molar-refractivity contribution is -0.116. The van der Waals surface area contributed by atoms with Gasteiger partial charge in [-0.2, -0.15) is 4.98 Å². The smallest absolute Gasteiger partial charge is 0.250 e. The highest BCUT2D eigenvalue weighted by atomic mass is 35.5. The number of hydrogen-bond acceptors (Lipinski definition) is 6. The van der Waals surface area contributed by atoms with Gasteiger partial charge in [0.05, 0.1) is 17.4 Å². The van der Waals surface area contributed by atoms with E-state index in [-0.39, 0.29) is 11.3 Å². The number of nitrogens with zero attached hydrogens (tertiary/aromatic N) is 2. The molecule has 2 heterocycles. The summed E-state index contributed by atoms with van der Waals surface area (Å²) in [5.74, 6) is 0.134. The molecule has 0 saturated heterocycles. The van der Waals surface area contributed by atoms with Gasteiger partial charge in [-0.05, 0) is 54.2 Å². The van der Waals surface area contributed by atoms with Crippen molar-refractivity contribution in [2.75, 3.05) is 16.0 Å². The lowest BCUT2D eigenvalue weighted by Crippen LogP contribution is -2.16. The summed E-state index contributed by atoms with van der Waals surface area (Å²) in [5, 5.41) is 9.59. The quantitative estimate of drug-likeness (QED) is 0.420. The largest absolute Gasteiger partial charge is 0.366 e. The van der Waals surface area contributed by atoms with Crippen LogP contribution in [0.3, 0.4) is 0 Å². The Kier molecular flexibility index (Phi) is 5.95. The van der Waals surface area contributed by atoms with Crippen LogP contribution in [-0.4, -0.2) is 21.8 Å². The first kappa shape index (κ1) is 22.5. The van der Waals surface area contributed by atoms with Crippen LogP contribution in [-0.2, 0) is 10.2 Å². The number of aryl methyl sites for hydroxylation is 1. The standard InChI is InChI=1S/C24H25ClN6O2/c1-13-5-4-6-15(21(26)33)20(13)30-22-17(25)12-27-23(31-22)28-14-7-8-18-16(11-14)24(2,3)10-9-19(32)29-18/h4-8,11-12H,9-10H2,1-3H3,(H2,26,33)(H,29,32)(H2,27,28,30,31). The van der Waals surface area contributed by atoms with Crippen molar-refractivity contribution in [2.24, 2.45) is 5.73 Å². The number of amides is 2. The first-order valence-electron chi connectivity index (χ1n) is 10.5. The minimum absolute atomic E-state index is 0.0193. The van der Waals surface area contributed by atoms with Gasteiger partial charge >= 0.3 is 0 Å². The lowest BCUT2D eigenvalue weighted by atomic mass is 9.80. The number of aromatic nitrogens is 2. The second kappa shape index (κ2) is 8.71. The summed E-state index contributed by atoms with van der Waals surface area (Å²) in [5.41, 5.74) is 9.69. The Hall–Kier alpha value is -3.65. The molecule has 1 aliphatic heterocycles. The van der Waals surface area contributed by atoms with Crippen molar-refractivity contribution in [2.45, 2.75) is 39.0 Å². The summed E-state index contributed by atoms with van der Waals surface area (Å²) in [6.45, 7) is 6.10. The first-order valence-corrected chi connectivity index (χ1v) is 10.9. The van der Waals surface area contributed by atoms with Crippen molar-refractivity contribution in [1.82, 2.24) is 9.97 Å². The molecule has 1 aliphatic rings. The molecule has 2 aromatic carbocycles. The van der Waals surface area contributed by atoms with E-state index in [0.29, 0.717) is 34.5 Å². The number of benzene rings is 2. The first-order chi connectivity index (χ1) is 15.6. The predicted octanol–water partition coefficient (Wildman–Crippen LogP) is 5.03. The average molecular weight is 465 g/mol. The van der Waals surface area contributed by atoms with Gasteiger partial charge in [0.15, 0.2) is 5.82 Å². The number of para-hydroxylation sites is 1. The highest BCUT2D eigenvalue weighted by Gasteiger charge is 2.28. The van der Waals surface area contributed by atoms with E-state index in [9.17, 15) is 9.59 Å². The van der Waals surface area contributed by atoms with Crippen LogP contribution in [0, 0.1) is 6.92 Å². The maximum atomic E-state index is 12.0. The third-order valence-corrected chi connectivity index (χ3v) is 6.06. The number of anilines is 5. The number of fused-ring (bicyclic) bond motifs is 1. The maximum Gasteiger partial charge on any atom is 0.250 e. The third kappa shape index (κ3) is 4.75. The Balaban J connectivity index is 1.65. The second-order valence-electron chi connectivity index (χ2n) is 8.69. The number of halogens is 1. The van der Waals surface area contributed by atoms with Gasteiger partial charge in [0.25, 0.3) is 5.91 Å². The summed E-state index contributed by atoms with van der Waals surface area (Å²) < 4.78 is 0. The highest BCUT2D eigenvalue weighted by molar-refractivity contribution is 6.33. The van der Waals surface area contributed by atoms with Gasteiger partial charge in [0, 0.05) is 17.8 Å². The molecule has 0 bridgehead atoms. The van der Waals surface area contributed by atoms with Crippen molar-refractivity contribution >= 4 is 52.2 Å². The fourth-order valence-electron chi connectivity index (χ4n) is 3.87. The number of nitrogens with two attached hydrogens (primary N) is 1. The zero-order chi connectivity index (χ0) is 23.8. The Morgan fingerprint density at radius 3 is 2.76 bits per heavy atom. The highest BCUT2D eigenvalue weighted by Crippen LogP contribution is 2.38. The van der Waals surface area contributed by atoms with Crippen LogP contribution in [0.4, 0.5) is 28.8 Å². The monoisotopic (exact) mass is 464 g/mol. The van der Waals surface area contributed by atoms with Crippen LogP contribution < -0.4 is 21.7 Å². The van der Waals surface area contributed by atoms with Crippen molar-refractivity contribution < 1.29 is 9.59 Å². The molecular formula is C24H25ClN6O2. The van der Waals surface area contributed by atoms with E-state index in [4.69, 9.17) is 17.3 Å². The van der Waals surface area contributed by atoms with E-state index in [2.05, 4.69) is 39.8 Å². The predicted molar refractivity (Wildman–Crippen MR) is 131 cm³/mol. The Bertz CT molecular complexity index is 1260. The van der Waals surface area contributed by atoms with Crippen LogP contribution in [0.5, 0.6) is 0 Å². The van der Waals surface area contributed by atoms with Crippen LogP contribution in [0.2, 0.25) is 5.02 Å². The van der Waals surface area contributed by atoms with Gasteiger partial charge in [-0.1, -0.05) is 37.6 Å². The van der Waals surface area contributed by atoms with E-state index in [1.165, 1.54) is 6.20 Å². The molecule has 0 aliphatic carbocycles. The average Bonchev–Trinajstić information content (AvgIpc) is 2.87. The molecule has 5 N–H and O–H groups in total. The Morgan fingerprint density at radius 2 is 2.00 bits per heavy atom. The normalized spacial score (nSPS) is 14.6. The Labute approximate surface area is 197 Å². The zero-order valence-corrected chi connectivity index (χ0v) is 19.4. The molecule has 170 valence electrons. The summed E-state index contributed by atoms with van der Waals surface area (Å²) in [7, 11) is 0. The fraction of sp³-hybridized carbons (Fsp3) is 0.250. The van der Waals surface area contributed by atoms with Crippen LogP contribution >= 0.6 is 11.6 Å². The van der Waals surface area contributed by atoms with Crippen molar-refractivity contribution in [1.29, 1.82) is 0 Å². The molecule has 3 aromatic rings. The van der Waals surface area contributed by atoms with Gasteiger partial charge in [-0.15, -0.1) is 0 Å². The third-order valence-electron chi connectivity index (χ3n) is 5.78. The van der Waals surface area contributed by atoms with E-state index in [0.717, 1.165) is 28.9 Å². The van der Waals surface area contributed by atoms with Gasteiger partial charge < -0.3 is 21.7 Å². The molecule has 0 radical (unpaired) electrons. The molecular weight excluding hydrogens is 440 g/mol. The molecule has 0 spiro atoms. The van der Waals surface area contributed by atoms with Gasteiger partial charge in [-0.3, -0.25) is 9.59 Å². The molecule has 0 fully saturated rings. The Morgan fingerprint density at radius 1 is 1.21 bits per heavy atom. The van der Waals surface area contributed by atoms with E-state index in [1.807, 2.05) is 31.2 Å². The molecule has 2 amide bonds. The van der Waals surface area contributed by atoms with Crippen molar-refractivity contribution in [3.8, 4) is 0 Å². The number of nitrogens with one attached hydrogen (secondary N) is 3. The fourth-order valence-corrected chi connectivity index (χ4v) is 4.00. The summed E-state index contributed by atoms with van der Waals surface area (Å²) in [4.78, 5) is 32.6. The van der Waals surface area contributed by atoms with Crippen LogP contribution in [0.15, 0.2) is 42.6 Å². The van der Waals surface area contributed by atoms with Gasteiger partial charge in [-0.25, -0.2) is 4.98 Å². The summed E-state index contributed by atoms with van der Waals surface area (Å²) >= 11 is 6.33. The molecule has 33 heavy (non-hydrogen) atoms. The molecule has 1 aromatic heterocycles. The number of carbonyl (C=O) groups excluding carboxylic acids is 2. The molecule has 0 atom stereocenters. The lowest BCUT2D eigenvalue weighted by Gasteiger charge is -2.25. The maximum absolute atomic E-state index is 12.0. The molecule has 9 heteroatoms. The minimum Gasteiger partial charge on any atom is -0.366 e. The second-order valence-corrected chi connectivity index (χ2v) is 9.10. The van der Waals surface area contributed by atoms with E-state index in [1.54, 1.807) is 12.1 Å². The zero-order valence-electron chi connectivity index (χ0n) is 18.6. The number of carbonyl (C=O) groups is 2. The van der Waals surface area contributed by atoms with Gasteiger partial charge in [0.2, 0.25) is 11.9 Å². The summed E-state index contributed by atoms with van der Waals surface area (Å²) in [6.07, 6.45) is 2.71. The number of hydrogen-bond donors (Lipinski definition) is 4. The van der Waals surface area contributed by atoms with Crippen LogP contribution in [0.1, 0.15) is 48.2 Å². The molecule has 0 saturated carbocycles. The van der Waals surface area contributed by atoms with E-state index < -0.39 is 5.91 Å². The van der Waals surface area contributed by atoms with Gasteiger partial charge in [0.1, 0.15) is 5.02 Å². The molecule has 4 rings (SSSR count).